The molecule has 0 radical (unpaired) electrons. The fourth-order valence-corrected chi connectivity index (χ4v) is 1.15. The average Bonchev–Trinajstić information content (AvgIpc) is 2.14. The first kappa shape index (κ1) is 13.8. The van der Waals surface area contributed by atoms with Crippen molar-refractivity contribution >= 4 is 24.6 Å². The van der Waals surface area contributed by atoms with Gasteiger partial charge in [0.1, 0.15) is 0 Å². The number of nitrogens with one attached hydrogen (secondary N) is 1. The predicted molar refractivity (Wildman–Crippen MR) is 60.7 cm³/mol. The van der Waals surface area contributed by atoms with Crippen LogP contribution in [0.15, 0.2) is 12.2 Å². The Morgan fingerprint density at radius 1 is 1.60 bits per heavy atom. The summed E-state index contributed by atoms with van der Waals surface area (Å²) in [6, 6.07) is -0.539. The lowest BCUT2D eigenvalue weighted by Crippen LogP contribution is -2.40. The number of nitrogens with two attached hydrogens (primary N) is 1. The van der Waals surface area contributed by atoms with Gasteiger partial charge < -0.3 is 15.8 Å². The lowest BCUT2D eigenvalue weighted by Gasteiger charge is -2.21. The van der Waals surface area contributed by atoms with Crippen LogP contribution in [0.25, 0.3) is 0 Å². The first-order chi connectivity index (χ1) is 6.88. The van der Waals surface area contributed by atoms with Crippen LogP contribution in [-0.2, 0) is 9.53 Å². The lowest BCUT2D eigenvalue weighted by molar-refractivity contribution is -0.118. The number of hydrogen-bond donors (Lipinski definition) is 3. The number of ether oxygens (including phenoxy) is 1. The van der Waals surface area contributed by atoms with E-state index >= 15 is 0 Å². The van der Waals surface area contributed by atoms with Crippen LogP contribution < -0.4 is 11.1 Å². The predicted octanol–water partition coefficient (Wildman–Crippen LogP) is 0.461. The molecule has 0 aromatic heterocycles. The summed E-state index contributed by atoms with van der Waals surface area (Å²) in [5.74, 6) is -0.522. The highest BCUT2D eigenvalue weighted by Gasteiger charge is 2.20. The molecule has 2 amide bonds. The molecule has 3 N–H and O–H groups in total. The van der Waals surface area contributed by atoms with Crippen molar-refractivity contribution in [3.8, 4) is 0 Å². The zero-order chi connectivity index (χ0) is 12.0. The highest BCUT2D eigenvalue weighted by atomic mass is 32.1. The molecule has 0 aliphatic rings. The van der Waals surface area contributed by atoms with Gasteiger partial charge in [-0.05, 0) is 12.5 Å². The smallest absolute Gasteiger partial charge is 0.407 e. The maximum Gasteiger partial charge on any atom is 0.407 e. The molecule has 0 saturated heterocycles. The highest BCUT2D eigenvalue weighted by molar-refractivity contribution is 7.81. The third-order valence-electron chi connectivity index (χ3n) is 1.87. The number of carbonyl (C=O) groups excluding carboxylic acids is 2. The zero-order valence-electron chi connectivity index (χ0n) is 8.82. The van der Waals surface area contributed by atoms with Crippen LogP contribution in [0, 0.1) is 0 Å². The third kappa shape index (κ3) is 5.31. The molecule has 0 heterocycles. The molecule has 2 atom stereocenters. The Morgan fingerprint density at radius 2 is 2.13 bits per heavy atom. The van der Waals surface area contributed by atoms with Crippen molar-refractivity contribution in [1.29, 1.82) is 0 Å². The molecule has 2 unspecified atom stereocenters. The molecule has 86 valence electrons. The summed E-state index contributed by atoms with van der Waals surface area (Å²) in [4.78, 5) is 21.7. The topological polar surface area (TPSA) is 81.4 Å². The molecule has 0 bridgehead atoms. The van der Waals surface area contributed by atoms with Crippen molar-refractivity contribution in [2.45, 2.75) is 24.6 Å². The second-order valence-electron chi connectivity index (χ2n) is 3.11. The molecule has 0 saturated carbocycles. The Balaban J connectivity index is 4.50. The van der Waals surface area contributed by atoms with Crippen LogP contribution in [0.2, 0.25) is 0 Å². The summed E-state index contributed by atoms with van der Waals surface area (Å²) in [7, 11) is 1.24. The molecule has 0 aromatic rings. The average molecular weight is 232 g/mol. The maximum atomic E-state index is 11.0. The summed E-state index contributed by atoms with van der Waals surface area (Å²) in [5.41, 5.74) is 5.66. The van der Waals surface area contributed by atoms with E-state index in [1.165, 1.54) is 7.11 Å². The van der Waals surface area contributed by atoms with Gasteiger partial charge in [-0.15, -0.1) is 0 Å². The Bertz CT molecular complexity index is 266. The third-order valence-corrected chi connectivity index (χ3v) is 2.20. The fraction of sp³-hybridized carbons (Fsp3) is 0.556. The lowest BCUT2D eigenvalue weighted by atomic mass is 10.0. The molecule has 0 spiro atoms. The van der Waals surface area contributed by atoms with Crippen LogP contribution >= 0.6 is 12.6 Å². The summed E-state index contributed by atoms with van der Waals surface area (Å²) in [5, 5.41) is 2.32. The van der Waals surface area contributed by atoms with Crippen molar-refractivity contribution in [1.82, 2.24) is 5.32 Å². The van der Waals surface area contributed by atoms with E-state index in [1.807, 2.05) is 0 Å². The van der Waals surface area contributed by atoms with Crippen LogP contribution in [0.3, 0.4) is 0 Å². The van der Waals surface area contributed by atoms with Gasteiger partial charge in [-0.25, -0.2) is 4.79 Å². The standard InChI is InChI=1S/C9H16N2O3S/c1-5(6(2)15)7(4-8(10)12)11-9(13)14-3/h6-7,15H,1,4H2,2-3H3,(H2,10,12)(H,11,13). The second kappa shape index (κ2) is 6.34. The van der Waals surface area contributed by atoms with Crippen molar-refractivity contribution in [3.63, 3.8) is 0 Å². The van der Waals surface area contributed by atoms with Crippen LogP contribution in [0.1, 0.15) is 13.3 Å². The second-order valence-corrected chi connectivity index (χ2v) is 3.88. The highest BCUT2D eigenvalue weighted by Crippen LogP contribution is 2.13. The largest absolute Gasteiger partial charge is 0.453 e. The quantitative estimate of drug-likeness (QED) is 0.476. The van der Waals surface area contributed by atoms with Gasteiger partial charge in [-0.3, -0.25) is 4.79 Å². The Morgan fingerprint density at radius 3 is 2.47 bits per heavy atom. The van der Waals surface area contributed by atoms with E-state index in [4.69, 9.17) is 5.73 Å². The van der Waals surface area contributed by atoms with Gasteiger partial charge >= 0.3 is 6.09 Å². The van der Waals surface area contributed by atoms with Crippen LogP contribution in [0.5, 0.6) is 0 Å². The molecule has 5 nitrogen and oxygen atoms in total. The van der Waals surface area contributed by atoms with E-state index in [9.17, 15) is 9.59 Å². The minimum atomic E-state index is -0.628. The maximum absolute atomic E-state index is 11.0. The van der Waals surface area contributed by atoms with Gasteiger partial charge in [0, 0.05) is 5.25 Å². The van der Waals surface area contributed by atoms with Gasteiger partial charge in [0.15, 0.2) is 0 Å². The van der Waals surface area contributed by atoms with E-state index in [2.05, 4.69) is 29.3 Å². The molecular weight excluding hydrogens is 216 g/mol. The molecule has 0 aliphatic carbocycles. The van der Waals surface area contributed by atoms with E-state index in [0.29, 0.717) is 5.57 Å². The van der Waals surface area contributed by atoms with Gasteiger partial charge in [-0.1, -0.05) is 6.58 Å². The number of thiol groups is 1. The number of carbonyl (C=O) groups is 2. The summed E-state index contributed by atoms with van der Waals surface area (Å²) in [6.07, 6.45) is -0.643. The van der Waals surface area contributed by atoms with Crippen LogP contribution in [-0.4, -0.2) is 30.4 Å². The first-order valence-electron chi connectivity index (χ1n) is 4.38. The first-order valence-corrected chi connectivity index (χ1v) is 4.89. The Hall–Kier alpha value is -1.17. The van der Waals surface area contributed by atoms with Crippen molar-refractivity contribution in [2.24, 2.45) is 5.73 Å². The monoisotopic (exact) mass is 232 g/mol. The van der Waals surface area contributed by atoms with Gasteiger partial charge in [0.05, 0.1) is 19.6 Å². The fourth-order valence-electron chi connectivity index (χ4n) is 0.968. The van der Waals surface area contributed by atoms with Crippen LogP contribution in [0.4, 0.5) is 4.79 Å². The van der Waals surface area contributed by atoms with Gasteiger partial charge in [-0.2, -0.15) is 12.6 Å². The number of amides is 2. The number of alkyl carbamates (subject to hydrolysis) is 1. The molecular formula is C9H16N2O3S. The Kier molecular flexibility index (Phi) is 5.84. The normalized spacial score (nSPS) is 13.8. The molecule has 0 rings (SSSR count). The number of rotatable bonds is 5. The van der Waals surface area contributed by atoms with E-state index < -0.39 is 18.0 Å². The number of hydrogen-bond acceptors (Lipinski definition) is 4. The summed E-state index contributed by atoms with van der Waals surface area (Å²) in [6.45, 7) is 5.53. The molecule has 0 fully saturated rings. The zero-order valence-corrected chi connectivity index (χ0v) is 9.71. The van der Waals surface area contributed by atoms with Crippen molar-refractivity contribution < 1.29 is 14.3 Å². The van der Waals surface area contributed by atoms with E-state index in [-0.39, 0.29) is 11.7 Å². The summed E-state index contributed by atoms with van der Waals surface area (Å²) < 4.78 is 4.42. The SMILES string of the molecule is C=C(C(C)S)C(CC(N)=O)NC(=O)OC. The van der Waals surface area contributed by atoms with E-state index in [1.54, 1.807) is 6.92 Å². The van der Waals surface area contributed by atoms with E-state index in [0.717, 1.165) is 0 Å². The van der Waals surface area contributed by atoms with Gasteiger partial charge in [0.2, 0.25) is 5.91 Å². The molecule has 15 heavy (non-hydrogen) atoms. The van der Waals surface area contributed by atoms with Crippen molar-refractivity contribution in [2.75, 3.05) is 7.11 Å². The number of primary amides is 1. The number of methoxy groups -OCH3 is 1. The van der Waals surface area contributed by atoms with Crippen molar-refractivity contribution in [3.05, 3.63) is 12.2 Å². The minimum Gasteiger partial charge on any atom is -0.453 e. The minimum absolute atomic E-state index is 0.0150. The Labute approximate surface area is 94.5 Å². The molecule has 0 aromatic carbocycles. The van der Waals surface area contributed by atoms with Gasteiger partial charge in [0.25, 0.3) is 0 Å². The summed E-state index contributed by atoms with van der Waals surface area (Å²) >= 11 is 4.16. The molecule has 0 aliphatic heterocycles. The molecule has 6 heteroatoms.